The number of halogens is 1. The highest BCUT2D eigenvalue weighted by molar-refractivity contribution is 6.32. The Labute approximate surface area is 166 Å². The van der Waals surface area contributed by atoms with Crippen LogP contribution in [-0.2, 0) is 17.8 Å². The van der Waals surface area contributed by atoms with E-state index in [1.165, 1.54) is 5.69 Å². The van der Waals surface area contributed by atoms with Crippen LogP contribution in [0.1, 0.15) is 50.3 Å². The number of rotatable bonds is 7. The van der Waals surface area contributed by atoms with E-state index in [1.807, 2.05) is 30.2 Å². The van der Waals surface area contributed by atoms with Gasteiger partial charge in [-0.05, 0) is 38.3 Å². The summed E-state index contributed by atoms with van der Waals surface area (Å²) in [6, 6.07) is 7.71. The van der Waals surface area contributed by atoms with Gasteiger partial charge >= 0.3 is 0 Å². The summed E-state index contributed by atoms with van der Waals surface area (Å²) in [5.74, 6) is 1.25. The van der Waals surface area contributed by atoms with Crippen LogP contribution in [0, 0.1) is 0 Å². The molecule has 2 heterocycles. The summed E-state index contributed by atoms with van der Waals surface area (Å²) in [6.07, 6.45) is 5.25. The van der Waals surface area contributed by atoms with Crippen molar-refractivity contribution in [1.82, 2.24) is 14.7 Å². The van der Waals surface area contributed by atoms with E-state index < -0.39 is 0 Å². The Balaban J connectivity index is 1.61. The third kappa shape index (κ3) is 4.64. The van der Waals surface area contributed by atoms with Crippen molar-refractivity contribution in [3.05, 3.63) is 46.7 Å². The minimum absolute atomic E-state index is 0.138. The fraction of sp³-hybridized carbons (Fsp3) is 0.524. The molecule has 1 amide bonds. The Morgan fingerprint density at radius 3 is 2.74 bits per heavy atom. The molecule has 1 aliphatic rings. The molecule has 0 saturated carbocycles. The van der Waals surface area contributed by atoms with E-state index in [9.17, 15) is 4.79 Å². The van der Waals surface area contributed by atoms with Crippen LogP contribution >= 0.6 is 11.6 Å². The molecule has 5 nitrogen and oxygen atoms in total. The second-order valence-corrected chi connectivity index (χ2v) is 7.38. The maximum atomic E-state index is 12.8. The van der Waals surface area contributed by atoms with Crippen LogP contribution in [0.4, 0.5) is 0 Å². The lowest BCUT2D eigenvalue weighted by molar-refractivity contribution is -0.131. The lowest BCUT2D eigenvalue weighted by Gasteiger charge is -2.32. The zero-order valence-corrected chi connectivity index (χ0v) is 16.9. The minimum atomic E-state index is 0.138. The number of likely N-dealkylation sites (tertiary alicyclic amines) is 1. The van der Waals surface area contributed by atoms with E-state index in [0.29, 0.717) is 29.7 Å². The smallest absolute Gasteiger partial charge is 0.227 e. The minimum Gasteiger partial charge on any atom is -0.492 e. The fourth-order valence-electron chi connectivity index (χ4n) is 3.79. The number of ether oxygens (including phenoxy) is 1. The van der Waals surface area contributed by atoms with Crippen LogP contribution in [0.5, 0.6) is 5.75 Å². The van der Waals surface area contributed by atoms with Crippen LogP contribution < -0.4 is 4.74 Å². The largest absolute Gasteiger partial charge is 0.492 e. The maximum Gasteiger partial charge on any atom is 0.227 e. The number of carbonyl (C=O) groups is 1. The van der Waals surface area contributed by atoms with Gasteiger partial charge in [0.25, 0.3) is 0 Å². The summed E-state index contributed by atoms with van der Waals surface area (Å²) in [4.78, 5) is 14.8. The molecule has 0 spiro atoms. The summed E-state index contributed by atoms with van der Waals surface area (Å²) >= 11 is 6.24. The number of carbonyl (C=O) groups excluding carboxylic acids is 1. The molecule has 3 rings (SSSR count). The molecule has 146 valence electrons. The highest BCUT2D eigenvalue weighted by Gasteiger charge is 2.26. The van der Waals surface area contributed by atoms with Gasteiger partial charge in [0.15, 0.2) is 0 Å². The van der Waals surface area contributed by atoms with E-state index in [4.69, 9.17) is 16.3 Å². The van der Waals surface area contributed by atoms with Crippen LogP contribution in [0.3, 0.4) is 0 Å². The van der Waals surface area contributed by atoms with Crippen molar-refractivity contribution < 1.29 is 9.53 Å². The number of amides is 1. The molecule has 0 atom stereocenters. The lowest BCUT2D eigenvalue weighted by atomic mass is 9.93. The predicted octanol–water partition coefficient (Wildman–Crippen LogP) is 4.29. The van der Waals surface area contributed by atoms with Gasteiger partial charge in [-0.2, -0.15) is 5.10 Å². The predicted molar refractivity (Wildman–Crippen MR) is 107 cm³/mol. The second kappa shape index (κ2) is 9.27. The van der Waals surface area contributed by atoms with E-state index >= 15 is 0 Å². The molecule has 0 unspecified atom stereocenters. The quantitative estimate of drug-likeness (QED) is 0.709. The van der Waals surface area contributed by atoms with E-state index in [1.54, 1.807) is 6.07 Å². The first-order chi connectivity index (χ1) is 13.1. The van der Waals surface area contributed by atoms with Crippen LogP contribution in [0.15, 0.2) is 30.5 Å². The fourth-order valence-corrected chi connectivity index (χ4v) is 4.04. The molecule has 1 aromatic carbocycles. The molecule has 6 heteroatoms. The number of nitrogens with zero attached hydrogens (tertiary/aromatic N) is 3. The van der Waals surface area contributed by atoms with E-state index in [0.717, 1.165) is 44.5 Å². The van der Waals surface area contributed by atoms with Gasteiger partial charge in [-0.3, -0.25) is 9.48 Å². The van der Waals surface area contributed by atoms with Crippen LogP contribution in [0.2, 0.25) is 5.02 Å². The molecule has 1 aromatic heterocycles. The number of benzene rings is 1. The summed E-state index contributed by atoms with van der Waals surface area (Å²) in [5.41, 5.74) is 2.16. The molecule has 0 N–H and O–H groups in total. The Hall–Kier alpha value is -2.01. The normalized spacial score (nSPS) is 15.1. The molecule has 1 aliphatic heterocycles. The van der Waals surface area contributed by atoms with Crippen LogP contribution in [0.25, 0.3) is 0 Å². The van der Waals surface area contributed by atoms with Crippen molar-refractivity contribution in [2.24, 2.45) is 0 Å². The average molecular weight is 390 g/mol. The summed E-state index contributed by atoms with van der Waals surface area (Å²) in [7, 11) is 0. The molecule has 0 radical (unpaired) electrons. The molecule has 27 heavy (non-hydrogen) atoms. The van der Waals surface area contributed by atoms with Gasteiger partial charge in [-0.1, -0.05) is 30.7 Å². The molecule has 2 aromatic rings. The number of para-hydroxylation sites is 1. The van der Waals surface area contributed by atoms with Crippen molar-refractivity contribution in [3.63, 3.8) is 0 Å². The van der Waals surface area contributed by atoms with Crippen molar-refractivity contribution >= 4 is 17.5 Å². The third-order valence-corrected chi connectivity index (χ3v) is 5.43. The van der Waals surface area contributed by atoms with Gasteiger partial charge in [-0.15, -0.1) is 0 Å². The topological polar surface area (TPSA) is 47.4 Å². The summed E-state index contributed by atoms with van der Waals surface area (Å²) in [6.45, 7) is 7.14. The van der Waals surface area contributed by atoms with Gasteiger partial charge in [0.1, 0.15) is 5.75 Å². The highest BCUT2D eigenvalue weighted by atomic mass is 35.5. The molecular formula is C21H28ClN3O2. The molecule has 0 bridgehead atoms. The standard InChI is InChI=1S/C21H28ClN3O2/c1-3-12-25-19(8-11-23-25)16-9-13-24(14-10-16)20(26)15-17-6-5-7-18(22)21(17)27-4-2/h5-8,11,16H,3-4,9-10,12-15H2,1-2H3. The van der Waals surface area contributed by atoms with Gasteiger partial charge in [0.05, 0.1) is 18.1 Å². The highest BCUT2D eigenvalue weighted by Crippen LogP contribution is 2.31. The summed E-state index contributed by atoms with van der Waals surface area (Å²) < 4.78 is 7.76. The Morgan fingerprint density at radius 2 is 2.04 bits per heavy atom. The molecule has 1 saturated heterocycles. The SMILES string of the molecule is CCCn1nccc1C1CCN(C(=O)Cc2cccc(Cl)c2OCC)CC1. The zero-order chi connectivity index (χ0) is 19.2. The first kappa shape index (κ1) is 19.7. The number of hydrogen-bond acceptors (Lipinski definition) is 3. The lowest BCUT2D eigenvalue weighted by Crippen LogP contribution is -2.39. The first-order valence-electron chi connectivity index (χ1n) is 9.83. The number of piperidine rings is 1. The number of aromatic nitrogens is 2. The van der Waals surface area contributed by atoms with Crippen molar-refractivity contribution in [2.45, 2.75) is 52.0 Å². The van der Waals surface area contributed by atoms with E-state index in [2.05, 4.69) is 22.8 Å². The third-order valence-electron chi connectivity index (χ3n) is 5.13. The van der Waals surface area contributed by atoms with Crippen molar-refractivity contribution in [2.75, 3.05) is 19.7 Å². The van der Waals surface area contributed by atoms with Crippen LogP contribution in [-0.4, -0.2) is 40.3 Å². The van der Waals surface area contributed by atoms with Gasteiger partial charge in [0.2, 0.25) is 5.91 Å². The zero-order valence-electron chi connectivity index (χ0n) is 16.2. The monoisotopic (exact) mass is 389 g/mol. The van der Waals surface area contributed by atoms with Crippen molar-refractivity contribution in [3.8, 4) is 5.75 Å². The molecule has 1 fully saturated rings. The number of aryl methyl sites for hydroxylation is 1. The molecule has 0 aliphatic carbocycles. The molecular weight excluding hydrogens is 362 g/mol. The Morgan fingerprint density at radius 1 is 1.26 bits per heavy atom. The van der Waals surface area contributed by atoms with Crippen molar-refractivity contribution in [1.29, 1.82) is 0 Å². The second-order valence-electron chi connectivity index (χ2n) is 6.97. The Bertz CT molecular complexity index is 767. The first-order valence-corrected chi connectivity index (χ1v) is 10.2. The van der Waals surface area contributed by atoms with Gasteiger partial charge in [0, 0.05) is 43.0 Å². The van der Waals surface area contributed by atoms with Gasteiger partial charge < -0.3 is 9.64 Å². The maximum absolute atomic E-state index is 12.8. The van der Waals surface area contributed by atoms with Gasteiger partial charge in [-0.25, -0.2) is 0 Å². The summed E-state index contributed by atoms with van der Waals surface area (Å²) in [5, 5.41) is 5.00. The Kier molecular flexibility index (Phi) is 6.78. The average Bonchev–Trinajstić information content (AvgIpc) is 3.13. The number of hydrogen-bond donors (Lipinski definition) is 0. The van der Waals surface area contributed by atoms with E-state index in [-0.39, 0.29) is 5.91 Å².